The van der Waals surface area contributed by atoms with Gasteiger partial charge in [0.25, 0.3) is 0 Å². The van der Waals surface area contributed by atoms with Gasteiger partial charge in [-0.05, 0) is 13.3 Å². The fourth-order valence-electron chi connectivity index (χ4n) is 1.55. The molecular weight excluding hydrogens is 204 g/mol. The fraction of sp³-hybridized carbons (Fsp3) is 0.636. The van der Waals surface area contributed by atoms with Crippen molar-refractivity contribution in [3.8, 4) is 0 Å². The zero-order valence-electron chi connectivity index (χ0n) is 9.94. The van der Waals surface area contributed by atoms with Crippen LogP contribution in [-0.2, 0) is 11.3 Å². The summed E-state index contributed by atoms with van der Waals surface area (Å²) in [7, 11) is 0. The number of nitrogens with one attached hydrogen (secondary N) is 1. The summed E-state index contributed by atoms with van der Waals surface area (Å²) < 4.78 is 1.54. The number of anilines is 1. The molecule has 1 aromatic heterocycles. The first-order chi connectivity index (χ1) is 7.61. The summed E-state index contributed by atoms with van der Waals surface area (Å²) in [6.45, 7) is 4.45. The third-order valence-electron chi connectivity index (χ3n) is 2.35. The molecule has 0 saturated heterocycles. The molecule has 0 aliphatic rings. The number of hydrogen-bond donors (Lipinski definition) is 2. The monoisotopic (exact) mass is 224 g/mol. The van der Waals surface area contributed by atoms with Gasteiger partial charge >= 0.3 is 0 Å². The van der Waals surface area contributed by atoms with Crippen LogP contribution < -0.4 is 11.1 Å². The van der Waals surface area contributed by atoms with Crippen LogP contribution in [0.1, 0.15) is 33.1 Å². The lowest BCUT2D eigenvalue weighted by Gasteiger charge is -2.12. The van der Waals surface area contributed by atoms with Crippen LogP contribution in [0.2, 0.25) is 0 Å². The molecule has 1 amide bonds. The fourth-order valence-corrected chi connectivity index (χ4v) is 1.55. The number of hydrogen-bond acceptors (Lipinski definition) is 3. The molecule has 5 heteroatoms. The molecule has 1 heterocycles. The molecule has 1 atom stereocenters. The van der Waals surface area contributed by atoms with Crippen molar-refractivity contribution in [2.75, 3.05) is 5.32 Å². The van der Waals surface area contributed by atoms with E-state index in [1.165, 1.54) is 17.5 Å². The van der Waals surface area contributed by atoms with Gasteiger partial charge in [0.15, 0.2) is 0 Å². The number of aromatic nitrogens is 2. The van der Waals surface area contributed by atoms with E-state index in [0.717, 1.165) is 12.1 Å². The van der Waals surface area contributed by atoms with Gasteiger partial charge in [-0.1, -0.05) is 19.8 Å². The van der Waals surface area contributed by atoms with Crippen LogP contribution in [0.25, 0.3) is 0 Å². The maximum Gasteiger partial charge on any atom is 0.239 e. The first-order valence-electron chi connectivity index (χ1n) is 5.69. The Bertz CT molecular complexity index is 334. The van der Waals surface area contributed by atoms with E-state index in [2.05, 4.69) is 24.3 Å². The van der Waals surface area contributed by atoms with E-state index in [-0.39, 0.29) is 12.5 Å². The summed E-state index contributed by atoms with van der Waals surface area (Å²) in [5, 5.41) is 7.38. The van der Waals surface area contributed by atoms with Crippen LogP contribution in [-0.4, -0.2) is 21.7 Å². The third-order valence-corrected chi connectivity index (χ3v) is 2.35. The Morgan fingerprint density at radius 1 is 1.69 bits per heavy atom. The highest BCUT2D eigenvalue weighted by atomic mass is 16.1. The lowest BCUT2D eigenvalue weighted by atomic mass is 10.1. The summed E-state index contributed by atoms with van der Waals surface area (Å²) >= 11 is 0. The zero-order valence-corrected chi connectivity index (χ0v) is 9.94. The number of rotatable bonds is 7. The van der Waals surface area contributed by atoms with E-state index in [0.29, 0.717) is 6.04 Å². The molecule has 0 saturated carbocycles. The van der Waals surface area contributed by atoms with E-state index < -0.39 is 0 Å². The van der Waals surface area contributed by atoms with Crippen LogP contribution in [0.3, 0.4) is 0 Å². The minimum atomic E-state index is -0.381. The molecule has 0 spiro atoms. The minimum absolute atomic E-state index is 0.130. The Hall–Kier alpha value is -1.52. The molecule has 1 rings (SSSR count). The average molecular weight is 224 g/mol. The molecule has 16 heavy (non-hydrogen) atoms. The predicted molar refractivity (Wildman–Crippen MR) is 64.0 cm³/mol. The normalized spacial score (nSPS) is 12.4. The highest BCUT2D eigenvalue weighted by molar-refractivity contribution is 5.73. The average Bonchev–Trinajstić information content (AvgIpc) is 2.61. The highest BCUT2D eigenvalue weighted by Gasteiger charge is 2.04. The smallest absolute Gasteiger partial charge is 0.239 e. The van der Waals surface area contributed by atoms with Crippen LogP contribution in [0, 0.1) is 0 Å². The summed E-state index contributed by atoms with van der Waals surface area (Å²) in [5.74, 6) is -0.381. The van der Waals surface area contributed by atoms with Crippen molar-refractivity contribution in [3.05, 3.63) is 12.4 Å². The predicted octanol–water partition coefficient (Wildman–Crippen LogP) is 1.36. The Kier molecular flexibility index (Phi) is 4.82. The van der Waals surface area contributed by atoms with Crippen molar-refractivity contribution < 1.29 is 4.79 Å². The summed E-state index contributed by atoms with van der Waals surface area (Å²) in [4.78, 5) is 10.7. The lowest BCUT2D eigenvalue weighted by molar-refractivity contribution is -0.118. The van der Waals surface area contributed by atoms with Crippen molar-refractivity contribution in [2.24, 2.45) is 5.73 Å². The maximum absolute atomic E-state index is 10.7. The van der Waals surface area contributed by atoms with Crippen LogP contribution in [0.4, 0.5) is 5.69 Å². The largest absolute Gasteiger partial charge is 0.380 e. The molecular formula is C11H20N4O. The maximum atomic E-state index is 10.7. The van der Waals surface area contributed by atoms with Crippen LogP contribution >= 0.6 is 0 Å². The first kappa shape index (κ1) is 12.5. The van der Waals surface area contributed by atoms with Crippen molar-refractivity contribution >= 4 is 11.6 Å². The summed E-state index contributed by atoms with van der Waals surface area (Å²) in [6.07, 6.45) is 7.06. The van der Waals surface area contributed by atoms with Gasteiger partial charge in [-0.3, -0.25) is 9.48 Å². The number of unbranched alkanes of at least 4 members (excludes halogenated alkanes) is 1. The SMILES string of the molecule is CCCCC(C)Nc1cnn(CC(N)=O)c1. The number of carbonyl (C=O) groups is 1. The zero-order chi connectivity index (χ0) is 12.0. The van der Waals surface area contributed by atoms with Crippen molar-refractivity contribution in [1.29, 1.82) is 0 Å². The highest BCUT2D eigenvalue weighted by Crippen LogP contribution is 2.10. The second-order valence-electron chi connectivity index (χ2n) is 4.08. The van der Waals surface area contributed by atoms with Gasteiger partial charge in [-0.15, -0.1) is 0 Å². The van der Waals surface area contributed by atoms with E-state index in [1.54, 1.807) is 12.4 Å². The molecule has 0 radical (unpaired) electrons. The molecule has 1 unspecified atom stereocenters. The molecule has 0 aromatic carbocycles. The van der Waals surface area contributed by atoms with Gasteiger partial charge in [0.1, 0.15) is 6.54 Å². The third kappa shape index (κ3) is 4.33. The van der Waals surface area contributed by atoms with Gasteiger partial charge < -0.3 is 11.1 Å². The Balaban J connectivity index is 2.42. The number of carbonyl (C=O) groups excluding carboxylic acids is 1. The first-order valence-corrected chi connectivity index (χ1v) is 5.69. The van der Waals surface area contributed by atoms with Crippen molar-refractivity contribution in [1.82, 2.24) is 9.78 Å². The summed E-state index contributed by atoms with van der Waals surface area (Å²) in [6, 6.07) is 0.422. The lowest BCUT2D eigenvalue weighted by Crippen LogP contribution is -2.19. The molecule has 5 nitrogen and oxygen atoms in total. The Morgan fingerprint density at radius 3 is 3.06 bits per heavy atom. The topological polar surface area (TPSA) is 72.9 Å². The van der Waals surface area contributed by atoms with Gasteiger partial charge in [0, 0.05) is 12.2 Å². The van der Waals surface area contributed by atoms with Gasteiger partial charge in [0.2, 0.25) is 5.91 Å². The number of amides is 1. The Labute approximate surface area is 96.0 Å². The van der Waals surface area contributed by atoms with Crippen LogP contribution in [0.15, 0.2) is 12.4 Å². The molecule has 0 aliphatic carbocycles. The van der Waals surface area contributed by atoms with Gasteiger partial charge in [0.05, 0.1) is 11.9 Å². The molecule has 90 valence electrons. The standard InChI is InChI=1S/C11H20N4O/c1-3-4-5-9(2)14-10-6-13-15(7-10)8-11(12)16/h6-7,9,14H,3-5,8H2,1-2H3,(H2,12,16). The number of nitrogens with two attached hydrogens (primary N) is 1. The molecule has 0 aliphatic heterocycles. The number of primary amides is 1. The minimum Gasteiger partial charge on any atom is -0.380 e. The van der Waals surface area contributed by atoms with E-state index >= 15 is 0 Å². The van der Waals surface area contributed by atoms with Crippen molar-refractivity contribution in [2.45, 2.75) is 45.7 Å². The Morgan fingerprint density at radius 2 is 2.44 bits per heavy atom. The molecule has 1 aromatic rings. The number of nitrogens with zero attached hydrogens (tertiary/aromatic N) is 2. The van der Waals surface area contributed by atoms with Crippen molar-refractivity contribution in [3.63, 3.8) is 0 Å². The van der Waals surface area contributed by atoms with Gasteiger partial charge in [-0.25, -0.2) is 0 Å². The molecule has 0 bridgehead atoms. The second kappa shape index (κ2) is 6.15. The molecule has 0 fully saturated rings. The quantitative estimate of drug-likeness (QED) is 0.734. The summed E-state index contributed by atoms with van der Waals surface area (Å²) in [5.41, 5.74) is 6.02. The van der Waals surface area contributed by atoms with E-state index in [9.17, 15) is 4.79 Å². The van der Waals surface area contributed by atoms with Gasteiger partial charge in [-0.2, -0.15) is 5.10 Å². The second-order valence-corrected chi connectivity index (χ2v) is 4.08. The molecule has 3 N–H and O–H groups in total. The van der Waals surface area contributed by atoms with Crippen LogP contribution in [0.5, 0.6) is 0 Å². The van der Waals surface area contributed by atoms with E-state index in [4.69, 9.17) is 5.73 Å². The van der Waals surface area contributed by atoms with E-state index in [1.807, 2.05) is 0 Å².